The van der Waals surface area contributed by atoms with Crippen molar-refractivity contribution in [2.24, 2.45) is 0 Å². The topological polar surface area (TPSA) is 72.1 Å². The fourth-order valence-electron chi connectivity index (χ4n) is 1.68. The van der Waals surface area contributed by atoms with Crippen molar-refractivity contribution in [2.45, 2.75) is 19.0 Å². The molecule has 0 atom stereocenters. The zero-order valence-electron chi connectivity index (χ0n) is 13.1. The van der Waals surface area contributed by atoms with E-state index in [1.807, 2.05) is 25.1 Å². The molecular formula is C15H20N4O2S. The molecule has 0 saturated heterocycles. The number of thioether (sulfide) groups is 1. The quantitative estimate of drug-likeness (QED) is 0.599. The van der Waals surface area contributed by atoms with Crippen LogP contribution < -0.4 is 14.8 Å². The number of anilines is 2. The molecule has 118 valence electrons. The van der Waals surface area contributed by atoms with E-state index < -0.39 is 0 Å². The SMILES string of the molecule is C/C=C(\C)CSc1nc(Nc2ccc(OC)c(OC)c2)n[nH]1. The van der Waals surface area contributed by atoms with Crippen molar-refractivity contribution >= 4 is 23.4 Å². The largest absolute Gasteiger partial charge is 0.493 e. The highest BCUT2D eigenvalue weighted by Gasteiger charge is 2.08. The van der Waals surface area contributed by atoms with Crippen LogP contribution in [0.3, 0.4) is 0 Å². The predicted octanol–water partition coefficient (Wildman–Crippen LogP) is 3.62. The first-order valence-electron chi connectivity index (χ1n) is 6.82. The fraction of sp³-hybridized carbons (Fsp3) is 0.333. The normalized spacial score (nSPS) is 11.4. The standard InChI is InChI=1S/C15H20N4O2S/c1-5-10(2)9-22-15-17-14(18-19-15)16-11-6-7-12(20-3)13(8-11)21-4/h5-8H,9H2,1-4H3,(H2,16,17,18,19)/b10-5+. The highest BCUT2D eigenvalue weighted by atomic mass is 32.2. The number of rotatable bonds is 7. The molecule has 6 nitrogen and oxygen atoms in total. The Morgan fingerprint density at radius 1 is 1.32 bits per heavy atom. The summed E-state index contributed by atoms with van der Waals surface area (Å²) in [5.41, 5.74) is 2.13. The molecule has 0 spiro atoms. The number of aromatic amines is 1. The van der Waals surface area contributed by atoms with Gasteiger partial charge in [-0.1, -0.05) is 23.4 Å². The summed E-state index contributed by atoms with van der Waals surface area (Å²) >= 11 is 1.62. The average Bonchev–Trinajstić information content (AvgIpc) is 2.99. The van der Waals surface area contributed by atoms with Gasteiger partial charge in [0.15, 0.2) is 16.7 Å². The molecule has 0 aliphatic carbocycles. The summed E-state index contributed by atoms with van der Waals surface area (Å²) in [5.74, 6) is 2.75. The minimum absolute atomic E-state index is 0.521. The fourth-order valence-corrected chi connectivity index (χ4v) is 2.47. The lowest BCUT2D eigenvalue weighted by Gasteiger charge is -2.09. The minimum Gasteiger partial charge on any atom is -0.493 e. The van der Waals surface area contributed by atoms with Crippen LogP contribution in [0, 0.1) is 0 Å². The van der Waals surface area contributed by atoms with Crippen molar-refractivity contribution in [2.75, 3.05) is 25.3 Å². The van der Waals surface area contributed by atoms with E-state index in [0.29, 0.717) is 17.4 Å². The minimum atomic E-state index is 0.521. The molecule has 1 aromatic heterocycles. The van der Waals surface area contributed by atoms with Gasteiger partial charge in [0.1, 0.15) is 0 Å². The van der Waals surface area contributed by atoms with Crippen molar-refractivity contribution in [3.05, 3.63) is 29.8 Å². The first-order chi connectivity index (χ1) is 10.7. The Hall–Kier alpha value is -2.15. The lowest BCUT2D eigenvalue weighted by atomic mass is 10.3. The Morgan fingerprint density at radius 2 is 2.09 bits per heavy atom. The van der Waals surface area contributed by atoms with Gasteiger partial charge in [-0.3, -0.25) is 5.10 Å². The Labute approximate surface area is 134 Å². The number of allylic oxidation sites excluding steroid dienone is 1. The molecule has 1 heterocycles. The van der Waals surface area contributed by atoms with Gasteiger partial charge in [-0.25, -0.2) is 0 Å². The van der Waals surface area contributed by atoms with Crippen LogP contribution in [0.2, 0.25) is 0 Å². The maximum Gasteiger partial charge on any atom is 0.247 e. The molecule has 2 aromatic rings. The third-order valence-electron chi connectivity index (χ3n) is 3.03. The Balaban J connectivity index is 2.03. The maximum atomic E-state index is 5.27. The van der Waals surface area contributed by atoms with Crippen molar-refractivity contribution in [3.8, 4) is 11.5 Å². The van der Waals surface area contributed by atoms with E-state index in [0.717, 1.165) is 16.6 Å². The first kappa shape index (κ1) is 16.2. The summed E-state index contributed by atoms with van der Waals surface area (Å²) in [6.45, 7) is 4.12. The van der Waals surface area contributed by atoms with Gasteiger partial charge in [0.2, 0.25) is 5.95 Å². The molecule has 2 rings (SSSR count). The molecule has 0 fully saturated rings. The summed E-state index contributed by atoms with van der Waals surface area (Å²) < 4.78 is 10.5. The van der Waals surface area contributed by atoms with E-state index in [1.54, 1.807) is 26.0 Å². The zero-order chi connectivity index (χ0) is 15.9. The van der Waals surface area contributed by atoms with Crippen LogP contribution in [0.5, 0.6) is 11.5 Å². The molecule has 7 heteroatoms. The van der Waals surface area contributed by atoms with E-state index in [4.69, 9.17) is 9.47 Å². The number of methoxy groups -OCH3 is 2. The van der Waals surface area contributed by atoms with Crippen LogP contribution >= 0.6 is 11.8 Å². The van der Waals surface area contributed by atoms with Crippen LogP contribution in [0.1, 0.15) is 13.8 Å². The molecule has 1 aromatic carbocycles. The maximum absolute atomic E-state index is 5.27. The van der Waals surface area contributed by atoms with E-state index in [1.165, 1.54) is 5.57 Å². The summed E-state index contributed by atoms with van der Waals surface area (Å²) in [4.78, 5) is 4.40. The summed E-state index contributed by atoms with van der Waals surface area (Å²) in [5, 5.41) is 11.0. The van der Waals surface area contributed by atoms with Crippen LogP contribution in [-0.4, -0.2) is 35.2 Å². The number of benzene rings is 1. The van der Waals surface area contributed by atoms with Crippen LogP contribution in [-0.2, 0) is 0 Å². The average molecular weight is 320 g/mol. The Bertz CT molecular complexity index is 655. The summed E-state index contributed by atoms with van der Waals surface area (Å²) in [6, 6.07) is 5.55. The van der Waals surface area contributed by atoms with Crippen LogP contribution in [0.25, 0.3) is 0 Å². The number of hydrogen-bond donors (Lipinski definition) is 2. The smallest absolute Gasteiger partial charge is 0.247 e. The number of nitrogens with zero attached hydrogens (tertiary/aromatic N) is 2. The number of H-pyrrole nitrogens is 1. The number of ether oxygens (including phenoxy) is 2. The van der Waals surface area contributed by atoms with Gasteiger partial charge in [0.05, 0.1) is 14.2 Å². The van der Waals surface area contributed by atoms with E-state index in [9.17, 15) is 0 Å². The van der Waals surface area contributed by atoms with Crippen molar-refractivity contribution in [1.29, 1.82) is 0 Å². The zero-order valence-corrected chi connectivity index (χ0v) is 14.0. The van der Waals surface area contributed by atoms with Crippen LogP contribution in [0.15, 0.2) is 35.0 Å². The number of hydrogen-bond acceptors (Lipinski definition) is 6. The predicted molar refractivity (Wildman–Crippen MR) is 89.4 cm³/mol. The summed E-state index contributed by atoms with van der Waals surface area (Å²) in [6.07, 6.45) is 2.09. The first-order valence-corrected chi connectivity index (χ1v) is 7.81. The van der Waals surface area contributed by atoms with Crippen LogP contribution in [0.4, 0.5) is 11.6 Å². The number of aromatic nitrogens is 3. The van der Waals surface area contributed by atoms with Gasteiger partial charge in [-0.15, -0.1) is 5.10 Å². The molecule has 0 aliphatic rings. The lowest BCUT2D eigenvalue weighted by molar-refractivity contribution is 0.355. The van der Waals surface area contributed by atoms with Gasteiger partial charge in [0, 0.05) is 17.5 Å². The Morgan fingerprint density at radius 3 is 2.77 bits per heavy atom. The van der Waals surface area contributed by atoms with Gasteiger partial charge < -0.3 is 14.8 Å². The van der Waals surface area contributed by atoms with Gasteiger partial charge in [0.25, 0.3) is 0 Å². The molecule has 0 aliphatic heterocycles. The third-order valence-corrected chi connectivity index (χ3v) is 4.09. The monoisotopic (exact) mass is 320 g/mol. The van der Waals surface area contributed by atoms with Gasteiger partial charge in [-0.2, -0.15) is 4.98 Å². The highest BCUT2D eigenvalue weighted by Crippen LogP contribution is 2.30. The summed E-state index contributed by atoms with van der Waals surface area (Å²) in [7, 11) is 3.21. The molecular weight excluding hydrogens is 300 g/mol. The number of nitrogens with one attached hydrogen (secondary N) is 2. The molecule has 22 heavy (non-hydrogen) atoms. The second kappa shape index (κ2) is 7.74. The van der Waals surface area contributed by atoms with E-state index in [2.05, 4.69) is 33.5 Å². The molecule has 0 amide bonds. The van der Waals surface area contributed by atoms with Crippen molar-refractivity contribution in [3.63, 3.8) is 0 Å². The highest BCUT2D eigenvalue weighted by molar-refractivity contribution is 7.99. The molecule has 2 N–H and O–H groups in total. The van der Waals surface area contributed by atoms with E-state index >= 15 is 0 Å². The molecule has 0 unspecified atom stereocenters. The molecule has 0 saturated carbocycles. The third kappa shape index (κ3) is 4.17. The van der Waals surface area contributed by atoms with E-state index in [-0.39, 0.29) is 0 Å². The second-order valence-electron chi connectivity index (χ2n) is 4.58. The van der Waals surface area contributed by atoms with Gasteiger partial charge >= 0.3 is 0 Å². The molecule has 0 bridgehead atoms. The van der Waals surface area contributed by atoms with Gasteiger partial charge in [-0.05, 0) is 26.0 Å². The van der Waals surface area contributed by atoms with Crippen molar-refractivity contribution in [1.82, 2.24) is 15.2 Å². The lowest BCUT2D eigenvalue weighted by Crippen LogP contribution is -1.95. The Kier molecular flexibility index (Phi) is 5.71. The second-order valence-corrected chi connectivity index (χ2v) is 5.55. The van der Waals surface area contributed by atoms with Crippen molar-refractivity contribution < 1.29 is 9.47 Å². The molecule has 0 radical (unpaired) electrons.